The van der Waals surface area contributed by atoms with Crippen molar-refractivity contribution in [3.05, 3.63) is 52.0 Å². The number of rotatable bonds is 5. The quantitative estimate of drug-likeness (QED) is 0.651. The van der Waals surface area contributed by atoms with Gasteiger partial charge in [-0.25, -0.2) is 4.79 Å². The molecule has 1 atom stereocenters. The third-order valence-corrected chi connectivity index (χ3v) is 4.76. The van der Waals surface area contributed by atoms with Crippen molar-refractivity contribution in [1.29, 1.82) is 0 Å². The van der Waals surface area contributed by atoms with Crippen molar-refractivity contribution in [2.45, 2.75) is 32.7 Å². The van der Waals surface area contributed by atoms with Gasteiger partial charge in [0.15, 0.2) is 0 Å². The maximum absolute atomic E-state index is 11.5. The van der Waals surface area contributed by atoms with Crippen LogP contribution in [-0.2, 0) is 0 Å². The van der Waals surface area contributed by atoms with E-state index in [1.54, 1.807) is 13.0 Å². The molecule has 0 spiro atoms. The molecule has 0 amide bonds. The molecule has 0 aliphatic carbocycles. The molecular formula is C19H21N3O4. The molecule has 7 nitrogen and oxygen atoms in total. The first-order valence-corrected chi connectivity index (χ1v) is 8.81. The maximum atomic E-state index is 11.5. The van der Waals surface area contributed by atoms with Gasteiger partial charge >= 0.3 is 5.63 Å². The lowest BCUT2D eigenvalue weighted by Gasteiger charge is -2.21. The van der Waals surface area contributed by atoms with Gasteiger partial charge in [-0.2, -0.15) is 0 Å². The predicted molar refractivity (Wildman–Crippen MR) is 95.3 cm³/mol. The smallest absolute Gasteiger partial charge is 0.336 e. The van der Waals surface area contributed by atoms with Gasteiger partial charge in [-0.05, 0) is 44.0 Å². The maximum Gasteiger partial charge on any atom is 0.336 e. The number of nitrogens with zero attached hydrogens (tertiary/aromatic N) is 3. The normalized spacial score (nSPS) is 17.8. The Morgan fingerprint density at radius 2 is 2.12 bits per heavy atom. The van der Waals surface area contributed by atoms with E-state index in [0.717, 1.165) is 36.9 Å². The summed E-state index contributed by atoms with van der Waals surface area (Å²) in [5.41, 5.74) is 1.10. The van der Waals surface area contributed by atoms with Gasteiger partial charge in [0.1, 0.15) is 17.9 Å². The van der Waals surface area contributed by atoms with E-state index in [1.165, 1.54) is 6.07 Å². The number of aryl methyl sites for hydroxylation is 2. The first kappa shape index (κ1) is 16.8. The minimum Gasteiger partial charge on any atom is -0.492 e. The van der Waals surface area contributed by atoms with E-state index in [0.29, 0.717) is 29.7 Å². The summed E-state index contributed by atoms with van der Waals surface area (Å²) in [5.74, 6) is 1.97. The molecule has 1 aromatic carbocycles. The van der Waals surface area contributed by atoms with Crippen molar-refractivity contribution >= 4 is 11.0 Å². The van der Waals surface area contributed by atoms with Crippen molar-refractivity contribution < 1.29 is 13.6 Å². The molecule has 3 heterocycles. The first-order valence-electron chi connectivity index (χ1n) is 8.81. The minimum absolute atomic E-state index is 0.164. The van der Waals surface area contributed by atoms with Crippen molar-refractivity contribution in [2.24, 2.45) is 0 Å². The Bertz CT molecular complexity index is 978. The molecule has 2 aromatic heterocycles. The highest BCUT2D eigenvalue weighted by Gasteiger charge is 2.29. The van der Waals surface area contributed by atoms with Gasteiger partial charge in [-0.3, -0.25) is 4.90 Å². The molecule has 4 rings (SSSR count). The lowest BCUT2D eigenvalue weighted by Crippen LogP contribution is -2.28. The summed E-state index contributed by atoms with van der Waals surface area (Å²) in [7, 11) is 0. The monoisotopic (exact) mass is 355 g/mol. The number of likely N-dealkylation sites (tertiary alicyclic amines) is 1. The Morgan fingerprint density at radius 3 is 2.92 bits per heavy atom. The molecule has 1 fully saturated rings. The highest BCUT2D eigenvalue weighted by molar-refractivity contribution is 5.81. The van der Waals surface area contributed by atoms with Crippen LogP contribution in [0, 0.1) is 13.8 Å². The second-order valence-electron chi connectivity index (χ2n) is 6.61. The number of hydrogen-bond donors (Lipinski definition) is 0. The predicted octanol–water partition coefficient (Wildman–Crippen LogP) is 3.01. The Kier molecular flexibility index (Phi) is 4.46. The number of fused-ring (bicyclic) bond motifs is 1. The van der Waals surface area contributed by atoms with Crippen LogP contribution in [0.15, 0.2) is 37.9 Å². The van der Waals surface area contributed by atoms with Gasteiger partial charge in [0.2, 0.25) is 11.8 Å². The first-order chi connectivity index (χ1) is 12.6. The largest absolute Gasteiger partial charge is 0.492 e. The van der Waals surface area contributed by atoms with Gasteiger partial charge in [0.05, 0.1) is 6.04 Å². The highest BCUT2D eigenvalue weighted by atomic mass is 16.5. The van der Waals surface area contributed by atoms with Gasteiger partial charge in [-0.15, -0.1) is 10.2 Å². The van der Waals surface area contributed by atoms with Gasteiger partial charge in [0.25, 0.3) is 0 Å². The molecule has 1 saturated heterocycles. The molecule has 0 saturated carbocycles. The summed E-state index contributed by atoms with van der Waals surface area (Å²) in [5, 5.41) is 9.00. The molecule has 0 radical (unpaired) electrons. The van der Waals surface area contributed by atoms with Crippen LogP contribution in [-0.4, -0.2) is 34.8 Å². The van der Waals surface area contributed by atoms with Crippen LogP contribution in [0.5, 0.6) is 5.75 Å². The van der Waals surface area contributed by atoms with Crippen LogP contribution >= 0.6 is 0 Å². The van der Waals surface area contributed by atoms with E-state index in [9.17, 15) is 4.79 Å². The molecule has 1 aliphatic heterocycles. The Labute approximate surface area is 150 Å². The van der Waals surface area contributed by atoms with Gasteiger partial charge in [-0.1, -0.05) is 0 Å². The number of aromatic nitrogens is 2. The second-order valence-corrected chi connectivity index (χ2v) is 6.61. The van der Waals surface area contributed by atoms with Crippen molar-refractivity contribution in [2.75, 3.05) is 19.7 Å². The fraction of sp³-hybridized carbons (Fsp3) is 0.421. The van der Waals surface area contributed by atoms with E-state index in [4.69, 9.17) is 13.6 Å². The number of ether oxygens (including phenoxy) is 1. The lowest BCUT2D eigenvalue weighted by atomic mass is 10.1. The van der Waals surface area contributed by atoms with Crippen LogP contribution in [0.1, 0.15) is 36.2 Å². The van der Waals surface area contributed by atoms with Gasteiger partial charge in [0, 0.05) is 31.0 Å². The Balaban J connectivity index is 1.41. The van der Waals surface area contributed by atoms with E-state index in [1.807, 2.05) is 19.1 Å². The van der Waals surface area contributed by atoms with E-state index >= 15 is 0 Å². The number of hydrogen-bond acceptors (Lipinski definition) is 7. The average molecular weight is 355 g/mol. The zero-order valence-corrected chi connectivity index (χ0v) is 14.9. The molecule has 7 heteroatoms. The van der Waals surface area contributed by atoms with Crippen LogP contribution in [0.25, 0.3) is 11.0 Å². The second kappa shape index (κ2) is 6.92. The third-order valence-electron chi connectivity index (χ3n) is 4.76. The molecule has 3 aromatic rings. The van der Waals surface area contributed by atoms with Crippen LogP contribution < -0.4 is 10.4 Å². The molecule has 136 valence electrons. The summed E-state index contributed by atoms with van der Waals surface area (Å²) in [6.45, 7) is 5.99. The summed E-state index contributed by atoms with van der Waals surface area (Å²) < 4.78 is 16.7. The zero-order valence-electron chi connectivity index (χ0n) is 14.9. The summed E-state index contributed by atoms with van der Waals surface area (Å²) >= 11 is 0. The summed E-state index contributed by atoms with van der Waals surface area (Å²) in [6.07, 6.45) is 2.12. The topological polar surface area (TPSA) is 81.6 Å². The fourth-order valence-corrected chi connectivity index (χ4v) is 3.50. The minimum atomic E-state index is -0.345. The SMILES string of the molecule is Cc1nnc([C@@H]2CCCN2CCOc2ccc3c(C)cc(=O)oc3c2)o1. The third kappa shape index (κ3) is 3.35. The average Bonchev–Trinajstić information content (AvgIpc) is 3.23. The van der Waals surface area contributed by atoms with E-state index < -0.39 is 0 Å². The summed E-state index contributed by atoms with van der Waals surface area (Å²) in [6, 6.07) is 7.25. The Hall–Kier alpha value is -2.67. The number of benzene rings is 1. The Morgan fingerprint density at radius 1 is 1.23 bits per heavy atom. The van der Waals surface area contributed by atoms with Crippen LogP contribution in [0.4, 0.5) is 0 Å². The van der Waals surface area contributed by atoms with E-state index in [-0.39, 0.29) is 11.7 Å². The van der Waals surface area contributed by atoms with Crippen molar-refractivity contribution in [3.8, 4) is 5.75 Å². The highest BCUT2D eigenvalue weighted by Crippen LogP contribution is 2.30. The molecule has 1 aliphatic rings. The standard InChI is InChI=1S/C19H21N3O4/c1-12-10-18(23)26-17-11-14(5-6-15(12)17)24-9-8-22-7-3-4-16(22)19-21-20-13(2)25-19/h5-6,10-11,16H,3-4,7-9H2,1-2H3/t16-/m0/s1. The molecular weight excluding hydrogens is 334 g/mol. The molecule has 0 unspecified atom stereocenters. The zero-order chi connectivity index (χ0) is 18.1. The van der Waals surface area contributed by atoms with Crippen molar-refractivity contribution in [1.82, 2.24) is 15.1 Å². The lowest BCUT2D eigenvalue weighted by molar-refractivity contribution is 0.178. The fourth-order valence-electron chi connectivity index (χ4n) is 3.50. The molecule has 0 N–H and O–H groups in total. The van der Waals surface area contributed by atoms with Crippen LogP contribution in [0.3, 0.4) is 0 Å². The van der Waals surface area contributed by atoms with E-state index in [2.05, 4.69) is 15.1 Å². The summed E-state index contributed by atoms with van der Waals surface area (Å²) in [4.78, 5) is 13.8. The van der Waals surface area contributed by atoms with Crippen LogP contribution in [0.2, 0.25) is 0 Å². The molecule has 0 bridgehead atoms. The van der Waals surface area contributed by atoms with Gasteiger partial charge < -0.3 is 13.6 Å². The molecule has 26 heavy (non-hydrogen) atoms. The van der Waals surface area contributed by atoms with Crippen molar-refractivity contribution in [3.63, 3.8) is 0 Å².